The SMILES string of the molecule is CCn1cc(S(=O)(=O)Nc2ccsc2)cn1. The van der Waals surface area contributed by atoms with Crippen LogP contribution in [0.5, 0.6) is 0 Å². The zero-order valence-electron chi connectivity index (χ0n) is 8.62. The molecular weight excluding hydrogens is 246 g/mol. The molecule has 2 aromatic rings. The Morgan fingerprint density at radius 1 is 1.56 bits per heavy atom. The summed E-state index contributed by atoms with van der Waals surface area (Å²) in [4.78, 5) is 0.181. The molecular formula is C9H11N3O2S2. The first kappa shape index (κ1) is 11.2. The average molecular weight is 257 g/mol. The van der Waals surface area contributed by atoms with Crippen molar-refractivity contribution in [3.05, 3.63) is 29.2 Å². The molecule has 0 saturated carbocycles. The maximum atomic E-state index is 11.9. The summed E-state index contributed by atoms with van der Waals surface area (Å²) in [6, 6.07) is 1.71. The molecule has 0 aromatic carbocycles. The Labute approximate surface area is 97.8 Å². The molecule has 0 aliphatic rings. The van der Waals surface area contributed by atoms with E-state index in [0.717, 1.165) is 0 Å². The first-order chi connectivity index (χ1) is 7.62. The van der Waals surface area contributed by atoms with Gasteiger partial charge in [-0.25, -0.2) is 8.42 Å². The van der Waals surface area contributed by atoms with Gasteiger partial charge in [0.15, 0.2) is 0 Å². The summed E-state index contributed by atoms with van der Waals surface area (Å²) < 4.78 is 27.8. The van der Waals surface area contributed by atoms with E-state index in [9.17, 15) is 8.42 Å². The van der Waals surface area contributed by atoms with E-state index in [0.29, 0.717) is 12.2 Å². The second kappa shape index (κ2) is 4.26. The van der Waals surface area contributed by atoms with Gasteiger partial charge in [0, 0.05) is 18.1 Å². The van der Waals surface area contributed by atoms with Crippen molar-refractivity contribution in [3.8, 4) is 0 Å². The number of aromatic nitrogens is 2. The summed E-state index contributed by atoms with van der Waals surface area (Å²) in [6.45, 7) is 2.55. The minimum Gasteiger partial charge on any atom is -0.279 e. The van der Waals surface area contributed by atoms with E-state index < -0.39 is 10.0 Å². The predicted octanol–water partition coefficient (Wildman–Crippen LogP) is 1.77. The van der Waals surface area contributed by atoms with Gasteiger partial charge in [-0.1, -0.05) is 0 Å². The Morgan fingerprint density at radius 3 is 2.94 bits per heavy atom. The molecule has 0 atom stereocenters. The molecule has 0 unspecified atom stereocenters. The molecule has 0 spiro atoms. The predicted molar refractivity (Wildman–Crippen MR) is 63.0 cm³/mol. The lowest BCUT2D eigenvalue weighted by molar-refractivity contribution is 0.600. The number of thiophene rings is 1. The molecule has 2 heterocycles. The van der Waals surface area contributed by atoms with Crippen molar-refractivity contribution in [3.63, 3.8) is 0 Å². The van der Waals surface area contributed by atoms with E-state index in [1.807, 2.05) is 12.3 Å². The number of anilines is 1. The van der Waals surface area contributed by atoms with Crippen molar-refractivity contribution >= 4 is 27.0 Å². The molecule has 5 nitrogen and oxygen atoms in total. The highest BCUT2D eigenvalue weighted by Gasteiger charge is 2.16. The summed E-state index contributed by atoms with van der Waals surface area (Å²) in [5, 5.41) is 7.48. The second-order valence-corrected chi connectivity index (χ2v) is 5.61. The summed E-state index contributed by atoms with van der Waals surface area (Å²) in [5.74, 6) is 0. The Morgan fingerprint density at radius 2 is 2.38 bits per heavy atom. The van der Waals surface area contributed by atoms with Gasteiger partial charge in [0.1, 0.15) is 4.90 Å². The topological polar surface area (TPSA) is 64.0 Å². The highest BCUT2D eigenvalue weighted by molar-refractivity contribution is 7.92. The van der Waals surface area contributed by atoms with Gasteiger partial charge in [-0.3, -0.25) is 9.40 Å². The van der Waals surface area contributed by atoms with E-state index in [1.165, 1.54) is 23.7 Å². The lowest BCUT2D eigenvalue weighted by atomic mass is 10.6. The number of hydrogen-bond acceptors (Lipinski definition) is 4. The zero-order chi connectivity index (χ0) is 11.6. The van der Waals surface area contributed by atoms with Gasteiger partial charge in [0.05, 0.1) is 11.9 Å². The van der Waals surface area contributed by atoms with Gasteiger partial charge >= 0.3 is 0 Å². The normalized spacial score (nSPS) is 11.6. The molecule has 0 aliphatic carbocycles. The molecule has 0 fully saturated rings. The Balaban J connectivity index is 2.25. The molecule has 0 bridgehead atoms. The first-order valence-electron chi connectivity index (χ1n) is 4.69. The fraction of sp³-hybridized carbons (Fsp3) is 0.222. The third kappa shape index (κ3) is 2.25. The monoisotopic (exact) mass is 257 g/mol. The van der Waals surface area contributed by atoms with Crippen LogP contribution in [0.3, 0.4) is 0 Å². The van der Waals surface area contributed by atoms with Crippen LogP contribution in [-0.2, 0) is 16.6 Å². The van der Waals surface area contributed by atoms with Crippen molar-refractivity contribution < 1.29 is 8.42 Å². The van der Waals surface area contributed by atoms with Crippen molar-refractivity contribution in [2.24, 2.45) is 0 Å². The minimum absolute atomic E-state index is 0.181. The number of nitrogens with zero attached hydrogens (tertiary/aromatic N) is 2. The third-order valence-corrected chi connectivity index (χ3v) is 4.04. The third-order valence-electron chi connectivity index (χ3n) is 2.02. The van der Waals surface area contributed by atoms with Crippen LogP contribution >= 0.6 is 11.3 Å². The molecule has 2 rings (SSSR count). The standard InChI is InChI=1S/C9H11N3O2S2/c1-2-12-6-9(5-10-12)16(13,14)11-8-3-4-15-7-8/h3-7,11H,2H2,1H3. The van der Waals surface area contributed by atoms with Crippen LogP contribution < -0.4 is 4.72 Å². The van der Waals surface area contributed by atoms with Crippen LogP contribution in [0.2, 0.25) is 0 Å². The van der Waals surface area contributed by atoms with E-state index in [1.54, 1.807) is 16.1 Å². The fourth-order valence-electron chi connectivity index (χ4n) is 1.19. The van der Waals surface area contributed by atoms with Crippen molar-refractivity contribution in [1.29, 1.82) is 0 Å². The summed E-state index contributed by atoms with van der Waals surface area (Å²) in [6.07, 6.45) is 2.85. The van der Waals surface area contributed by atoms with Gasteiger partial charge in [0.2, 0.25) is 0 Å². The molecule has 7 heteroatoms. The summed E-state index contributed by atoms with van der Waals surface area (Å²) >= 11 is 1.44. The minimum atomic E-state index is -3.50. The van der Waals surface area contributed by atoms with Crippen LogP contribution in [-0.4, -0.2) is 18.2 Å². The molecule has 1 N–H and O–H groups in total. The molecule has 0 aliphatic heterocycles. The lowest BCUT2D eigenvalue weighted by Gasteiger charge is -2.02. The van der Waals surface area contributed by atoms with Crippen LogP contribution in [0.4, 0.5) is 5.69 Å². The van der Waals surface area contributed by atoms with Gasteiger partial charge in [0.25, 0.3) is 10.0 Å². The fourth-order valence-corrected chi connectivity index (χ4v) is 2.86. The van der Waals surface area contributed by atoms with Crippen LogP contribution in [0, 0.1) is 0 Å². The Bertz CT molecular complexity index is 557. The van der Waals surface area contributed by atoms with Gasteiger partial charge in [-0.05, 0) is 18.4 Å². The molecule has 16 heavy (non-hydrogen) atoms. The number of aryl methyl sites for hydroxylation is 1. The first-order valence-corrected chi connectivity index (χ1v) is 7.12. The van der Waals surface area contributed by atoms with Gasteiger partial charge in [-0.15, -0.1) is 0 Å². The maximum absolute atomic E-state index is 11.9. The average Bonchev–Trinajstić information content (AvgIpc) is 2.85. The van der Waals surface area contributed by atoms with Crippen molar-refractivity contribution in [2.45, 2.75) is 18.4 Å². The number of hydrogen-bond donors (Lipinski definition) is 1. The largest absolute Gasteiger partial charge is 0.279 e. The highest BCUT2D eigenvalue weighted by Crippen LogP contribution is 2.17. The van der Waals surface area contributed by atoms with Crippen LogP contribution in [0.25, 0.3) is 0 Å². The van der Waals surface area contributed by atoms with E-state index in [4.69, 9.17) is 0 Å². The zero-order valence-corrected chi connectivity index (χ0v) is 10.3. The van der Waals surface area contributed by atoms with E-state index in [-0.39, 0.29) is 4.90 Å². The van der Waals surface area contributed by atoms with E-state index >= 15 is 0 Å². The molecule has 0 saturated heterocycles. The lowest BCUT2D eigenvalue weighted by Crippen LogP contribution is -2.11. The molecule has 86 valence electrons. The van der Waals surface area contributed by atoms with Gasteiger partial charge < -0.3 is 0 Å². The molecule has 0 radical (unpaired) electrons. The van der Waals surface area contributed by atoms with Crippen molar-refractivity contribution in [2.75, 3.05) is 4.72 Å². The Hall–Kier alpha value is -1.34. The number of rotatable bonds is 4. The molecule has 2 aromatic heterocycles. The Kier molecular flexibility index (Phi) is 2.97. The summed E-state index contributed by atoms with van der Waals surface area (Å²) in [5.41, 5.74) is 0.578. The highest BCUT2D eigenvalue weighted by atomic mass is 32.2. The second-order valence-electron chi connectivity index (χ2n) is 3.15. The van der Waals surface area contributed by atoms with E-state index in [2.05, 4.69) is 9.82 Å². The smallest absolute Gasteiger partial charge is 0.265 e. The summed E-state index contributed by atoms with van der Waals surface area (Å²) in [7, 11) is -3.50. The van der Waals surface area contributed by atoms with Gasteiger partial charge in [-0.2, -0.15) is 16.4 Å². The quantitative estimate of drug-likeness (QED) is 0.907. The molecule has 0 amide bonds. The van der Waals surface area contributed by atoms with Crippen LogP contribution in [0.1, 0.15) is 6.92 Å². The number of nitrogens with one attached hydrogen (secondary N) is 1. The maximum Gasteiger partial charge on any atom is 0.265 e. The van der Waals surface area contributed by atoms with Crippen LogP contribution in [0.15, 0.2) is 34.1 Å². The number of sulfonamides is 1. The van der Waals surface area contributed by atoms with Crippen molar-refractivity contribution in [1.82, 2.24) is 9.78 Å².